The normalized spacial score (nSPS) is 24.0. The summed E-state index contributed by atoms with van der Waals surface area (Å²) in [5.41, 5.74) is 0. The zero-order chi connectivity index (χ0) is 17.1. The summed E-state index contributed by atoms with van der Waals surface area (Å²) in [6.45, 7) is 5.47. The molecule has 1 N–H and O–H groups in total. The van der Waals surface area contributed by atoms with E-state index in [1.54, 1.807) is 11.3 Å². The molecule has 2 aliphatic heterocycles. The maximum atomic E-state index is 9.43. The monoisotopic (exact) mass is 362 g/mol. The standard InChI is InChI=1S/C18H26N4O2S/c23-13-14-3-1-7-22(11-14)15-5-8-21(9-6-15)12-17-19-18(20-24-17)16-4-2-10-25-16/h2,4,10,14-15,23H,1,3,5-9,11-13H2/t14-/m1/s1. The highest BCUT2D eigenvalue weighted by Crippen LogP contribution is 2.25. The topological polar surface area (TPSA) is 65.6 Å². The summed E-state index contributed by atoms with van der Waals surface area (Å²) in [6.07, 6.45) is 4.77. The smallest absolute Gasteiger partial charge is 0.241 e. The molecule has 0 bridgehead atoms. The summed E-state index contributed by atoms with van der Waals surface area (Å²) in [4.78, 5) is 10.6. The minimum atomic E-state index is 0.332. The maximum Gasteiger partial charge on any atom is 0.241 e. The second kappa shape index (κ2) is 7.95. The average Bonchev–Trinajstić information content (AvgIpc) is 3.34. The number of piperidine rings is 2. The molecule has 7 heteroatoms. The number of aliphatic hydroxyl groups is 1. The van der Waals surface area contributed by atoms with Gasteiger partial charge in [-0.1, -0.05) is 11.2 Å². The summed E-state index contributed by atoms with van der Waals surface area (Å²) in [5, 5.41) is 15.5. The molecule has 0 spiro atoms. The van der Waals surface area contributed by atoms with Crippen LogP contribution in [-0.2, 0) is 6.54 Å². The van der Waals surface area contributed by atoms with E-state index in [4.69, 9.17) is 4.52 Å². The zero-order valence-corrected chi connectivity index (χ0v) is 15.3. The third-order valence-corrected chi connectivity index (χ3v) is 6.32. The van der Waals surface area contributed by atoms with Crippen LogP contribution in [0.1, 0.15) is 31.6 Å². The summed E-state index contributed by atoms with van der Waals surface area (Å²) in [6, 6.07) is 4.68. The van der Waals surface area contributed by atoms with Crippen molar-refractivity contribution in [2.45, 2.75) is 38.3 Å². The predicted octanol–water partition coefficient (Wildman–Crippen LogP) is 2.47. The first-order valence-electron chi connectivity index (χ1n) is 9.25. The van der Waals surface area contributed by atoms with E-state index in [1.165, 1.54) is 32.2 Å². The first kappa shape index (κ1) is 17.1. The lowest BCUT2D eigenvalue weighted by Gasteiger charge is -2.41. The van der Waals surface area contributed by atoms with Gasteiger partial charge in [0.05, 0.1) is 11.4 Å². The molecule has 136 valence electrons. The molecule has 2 fully saturated rings. The Morgan fingerprint density at radius 2 is 2.12 bits per heavy atom. The highest BCUT2D eigenvalue weighted by molar-refractivity contribution is 7.13. The van der Waals surface area contributed by atoms with Crippen LogP contribution in [0.3, 0.4) is 0 Å². The van der Waals surface area contributed by atoms with Gasteiger partial charge < -0.3 is 9.63 Å². The minimum absolute atomic E-state index is 0.332. The van der Waals surface area contributed by atoms with Crippen LogP contribution in [0.2, 0.25) is 0 Å². The van der Waals surface area contributed by atoms with Crippen LogP contribution in [0.25, 0.3) is 10.7 Å². The van der Waals surface area contributed by atoms with Gasteiger partial charge in [0, 0.05) is 32.3 Å². The van der Waals surface area contributed by atoms with E-state index in [2.05, 4.69) is 19.9 Å². The van der Waals surface area contributed by atoms with Gasteiger partial charge in [-0.15, -0.1) is 11.3 Å². The molecule has 2 aromatic rings. The number of aromatic nitrogens is 2. The highest BCUT2D eigenvalue weighted by atomic mass is 32.1. The Morgan fingerprint density at radius 3 is 2.88 bits per heavy atom. The van der Waals surface area contributed by atoms with Crippen molar-refractivity contribution in [1.82, 2.24) is 19.9 Å². The fourth-order valence-corrected chi connectivity index (χ4v) is 4.69. The third kappa shape index (κ3) is 4.11. The summed E-state index contributed by atoms with van der Waals surface area (Å²) in [5.74, 6) is 1.88. The van der Waals surface area contributed by atoms with Gasteiger partial charge in [0.2, 0.25) is 11.7 Å². The van der Waals surface area contributed by atoms with Gasteiger partial charge in [0.15, 0.2) is 0 Å². The molecule has 0 aromatic carbocycles. The molecule has 4 heterocycles. The third-order valence-electron chi connectivity index (χ3n) is 5.45. The molecular weight excluding hydrogens is 336 g/mol. The molecule has 4 rings (SSSR count). The number of nitrogens with zero attached hydrogens (tertiary/aromatic N) is 4. The highest BCUT2D eigenvalue weighted by Gasteiger charge is 2.29. The average molecular weight is 362 g/mol. The van der Waals surface area contributed by atoms with Crippen molar-refractivity contribution in [3.05, 3.63) is 23.4 Å². The molecule has 0 aliphatic carbocycles. The number of rotatable bonds is 5. The molecule has 2 aliphatic rings. The van der Waals surface area contributed by atoms with E-state index in [0.717, 1.165) is 31.1 Å². The van der Waals surface area contributed by atoms with Crippen LogP contribution in [0.4, 0.5) is 0 Å². The number of hydrogen-bond acceptors (Lipinski definition) is 7. The molecular formula is C18H26N4O2S. The van der Waals surface area contributed by atoms with Crippen LogP contribution in [0, 0.1) is 5.92 Å². The van der Waals surface area contributed by atoms with E-state index >= 15 is 0 Å². The molecule has 0 saturated carbocycles. The number of thiophene rings is 1. The van der Waals surface area contributed by atoms with Gasteiger partial charge in [-0.3, -0.25) is 9.80 Å². The second-order valence-electron chi connectivity index (χ2n) is 7.18. The van der Waals surface area contributed by atoms with Crippen molar-refractivity contribution in [3.63, 3.8) is 0 Å². The summed E-state index contributed by atoms with van der Waals surface area (Å²) >= 11 is 1.63. The Bertz CT molecular complexity index is 652. The fourth-order valence-electron chi connectivity index (χ4n) is 4.04. The Balaban J connectivity index is 1.28. The lowest BCUT2D eigenvalue weighted by molar-refractivity contribution is 0.0503. The number of aliphatic hydroxyl groups excluding tert-OH is 1. The Labute approximate surface area is 152 Å². The lowest BCUT2D eigenvalue weighted by Crippen LogP contribution is -2.48. The van der Waals surface area contributed by atoms with E-state index in [1.807, 2.05) is 17.5 Å². The molecule has 1 atom stereocenters. The molecule has 0 amide bonds. The molecule has 2 saturated heterocycles. The van der Waals surface area contributed by atoms with Crippen molar-refractivity contribution in [2.75, 3.05) is 32.8 Å². The van der Waals surface area contributed by atoms with Crippen molar-refractivity contribution in [3.8, 4) is 10.7 Å². The van der Waals surface area contributed by atoms with Crippen molar-refractivity contribution >= 4 is 11.3 Å². The SMILES string of the molecule is OC[C@@H]1CCCN(C2CCN(Cc3nc(-c4cccs4)no3)CC2)C1. The summed E-state index contributed by atoms with van der Waals surface area (Å²) < 4.78 is 5.43. The Kier molecular flexibility index (Phi) is 5.45. The number of likely N-dealkylation sites (tertiary alicyclic amines) is 2. The molecule has 0 radical (unpaired) electrons. The minimum Gasteiger partial charge on any atom is -0.396 e. The Hall–Kier alpha value is -1.28. The Morgan fingerprint density at radius 1 is 1.24 bits per heavy atom. The van der Waals surface area contributed by atoms with E-state index in [-0.39, 0.29) is 0 Å². The van der Waals surface area contributed by atoms with Crippen LogP contribution in [0.15, 0.2) is 22.0 Å². The first-order chi connectivity index (χ1) is 12.3. The molecule has 0 unspecified atom stereocenters. The second-order valence-corrected chi connectivity index (χ2v) is 8.13. The van der Waals surface area contributed by atoms with Crippen molar-refractivity contribution in [2.24, 2.45) is 5.92 Å². The van der Waals surface area contributed by atoms with Crippen molar-refractivity contribution < 1.29 is 9.63 Å². The van der Waals surface area contributed by atoms with Crippen molar-refractivity contribution in [1.29, 1.82) is 0 Å². The van der Waals surface area contributed by atoms with Crippen LogP contribution in [0.5, 0.6) is 0 Å². The maximum absolute atomic E-state index is 9.43. The molecule has 6 nitrogen and oxygen atoms in total. The van der Waals surface area contributed by atoms with Gasteiger partial charge in [0.25, 0.3) is 0 Å². The first-order valence-corrected chi connectivity index (χ1v) is 10.1. The van der Waals surface area contributed by atoms with Crippen LogP contribution in [-0.4, -0.2) is 63.9 Å². The zero-order valence-electron chi connectivity index (χ0n) is 14.5. The van der Waals surface area contributed by atoms with Gasteiger partial charge in [0.1, 0.15) is 0 Å². The number of hydrogen-bond donors (Lipinski definition) is 1. The van der Waals surface area contributed by atoms with Gasteiger partial charge in [-0.25, -0.2) is 0 Å². The van der Waals surface area contributed by atoms with E-state index < -0.39 is 0 Å². The predicted molar refractivity (Wildman–Crippen MR) is 97.3 cm³/mol. The molecule has 25 heavy (non-hydrogen) atoms. The molecule has 2 aromatic heterocycles. The largest absolute Gasteiger partial charge is 0.396 e. The quantitative estimate of drug-likeness (QED) is 0.881. The van der Waals surface area contributed by atoms with E-state index in [0.29, 0.717) is 30.3 Å². The van der Waals surface area contributed by atoms with Crippen LogP contribution >= 0.6 is 11.3 Å². The van der Waals surface area contributed by atoms with Crippen LogP contribution < -0.4 is 0 Å². The summed E-state index contributed by atoms with van der Waals surface area (Å²) in [7, 11) is 0. The lowest BCUT2D eigenvalue weighted by atomic mass is 9.94. The van der Waals surface area contributed by atoms with E-state index in [9.17, 15) is 5.11 Å². The van der Waals surface area contributed by atoms with Gasteiger partial charge in [-0.05, 0) is 49.6 Å². The van der Waals surface area contributed by atoms with Gasteiger partial charge in [-0.2, -0.15) is 4.98 Å². The van der Waals surface area contributed by atoms with Gasteiger partial charge >= 0.3 is 0 Å². The fraction of sp³-hybridized carbons (Fsp3) is 0.667.